The van der Waals surface area contributed by atoms with Crippen LogP contribution in [0, 0.1) is 0 Å². The van der Waals surface area contributed by atoms with Crippen LogP contribution >= 0.6 is 0 Å². The lowest BCUT2D eigenvalue weighted by Gasteiger charge is -2.34. The van der Waals surface area contributed by atoms with Gasteiger partial charge < -0.3 is 14.4 Å². The minimum atomic E-state index is 0.0819. The van der Waals surface area contributed by atoms with Crippen LogP contribution < -0.4 is 9.47 Å². The fraction of sp³-hybridized carbons (Fsp3) is 0.269. The SMILES string of the molecule is COc1ccccc1OCc1cccc(C(=O)N2CCN(Cc3ccccc3)CC2)c1. The second-order valence-corrected chi connectivity index (χ2v) is 7.69. The maximum atomic E-state index is 13.0. The van der Waals surface area contributed by atoms with E-state index in [-0.39, 0.29) is 5.91 Å². The summed E-state index contributed by atoms with van der Waals surface area (Å²) in [6, 6.07) is 25.7. The summed E-state index contributed by atoms with van der Waals surface area (Å²) in [6.07, 6.45) is 0. The monoisotopic (exact) mass is 416 g/mol. The minimum absolute atomic E-state index is 0.0819. The molecule has 5 heteroatoms. The summed E-state index contributed by atoms with van der Waals surface area (Å²) in [5.41, 5.74) is 2.97. The highest BCUT2D eigenvalue weighted by molar-refractivity contribution is 5.94. The standard InChI is InChI=1S/C26H28N2O3/c1-30-24-12-5-6-13-25(24)31-20-22-10-7-11-23(18-22)26(29)28-16-14-27(15-17-28)19-21-8-3-2-4-9-21/h2-13,18H,14-17,19-20H2,1H3. The van der Waals surface area contributed by atoms with Gasteiger partial charge >= 0.3 is 0 Å². The molecule has 0 bridgehead atoms. The molecule has 0 saturated carbocycles. The second-order valence-electron chi connectivity index (χ2n) is 7.69. The van der Waals surface area contributed by atoms with Crippen LogP contribution in [-0.2, 0) is 13.2 Å². The molecule has 0 spiro atoms. The molecule has 1 saturated heterocycles. The topological polar surface area (TPSA) is 42.0 Å². The highest BCUT2D eigenvalue weighted by Crippen LogP contribution is 2.26. The van der Waals surface area contributed by atoms with Gasteiger partial charge in [0.15, 0.2) is 11.5 Å². The van der Waals surface area contributed by atoms with Gasteiger partial charge in [0.2, 0.25) is 0 Å². The first-order valence-electron chi connectivity index (χ1n) is 10.6. The Hall–Kier alpha value is -3.31. The van der Waals surface area contributed by atoms with Crippen LogP contribution in [0.2, 0.25) is 0 Å². The smallest absolute Gasteiger partial charge is 0.253 e. The molecule has 0 atom stereocenters. The number of amides is 1. The van der Waals surface area contributed by atoms with Gasteiger partial charge in [-0.2, -0.15) is 0 Å². The third-order valence-corrected chi connectivity index (χ3v) is 5.55. The van der Waals surface area contributed by atoms with Crippen LogP contribution in [0.5, 0.6) is 11.5 Å². The maximum absolute atomic E-state index is 13.0. The van der Waals surface area contributed by atoms with E-state index in [2.05, 4.69) is 29.2 Å². The predicted molar refractivity (Wildman–Crippen MR) is 121 cm³/mol. The summed E-state index contributed by atoms with van der Waals surface area (Å²) in [5, 5.41) is 0. The minimum Gasteiger partial charge on any atom is -0.493 e. The van der Waals surface area contributed by atoms with E-state index in [1.54, 1.807) is 7.11 Å². The summed E-state index contributed by atoms with van der Waals surface area (Å²) in [4.78, 5) is 17.4. The normalized spacial score (nSPS) is 14.3. The zero-order valence-corrected chi connectivity index (χ0v) is 17.9. The molecule has 160 valence electrons. The van der Waals surface area contributed by atoms with Gasteiger partial charge in [0.05, 0.1) is 7.11 Å². The Labute approximate surface area is 183 Å². The molecule has 0 aromatic heterocycles. The number of piperazine rings is 1. The lowest BCUT2D eigenvalue weighted by atomic mass is 10.1. The van der Waals surface area contributed by atoms with Gasteiger partial charge in [-0.05, 0) is 35.4 Å². The number of benzene rings is 3. The van der Waals surface area contributed by atoms with Crippen molar-refractivity contribution >= 4 is 5.91 Å². The van der Waals surface area contributed by atoms with Crippen LogP contribution in [-0.4, -0.2) is 49.0 Å². The largest absolute Gasteiger partial charge is 0.493 e. The van der Waals surface area contributed by atoms with E-state index in [9.17, 15) is 4.79 Å². The van der Waals surface area contributed by atoms with E-state index in [0.717, 1.165) is 38.3 Å². The Morgan fingerprint density at radius 2 is 1.48 bits per heavy atom. The highest BCUT2D eigenvalue weighted by atomic mass is 16.5. The van der Waals surface area contributed by atoms with Gasteiger partial charge in [-0.1, -0.05) is 54.6 Å². The van der Waals surface area contributed by atoms with Crippen molar-refractivity contribution in [3.05, 3.63) is 95.6 Å². The van der Waals surface area contributed by atoms with Gasteiger partial charge in [-0.3, -0.25) is 9.69 Å². The third-order valence-electron chi connectivity index (χ3n) is 5.55. The van der Waals surface area contributed by atoms with E-state index >= 15 is 0 Å². The molecule has 1 aliphatic rings. The zero-order chi connectivity index (χ0) is 21.5. The molecular formula is C26H28N2O3. The van der Waals surface area contributed by atoms with Crippen molar-refractivity contribution in [2.45, 2.75) is 13.2 Å². The predicted octanol–water partition coefficient (Wildman–Crippen LogP) is 4.23. The molecular weight excluding hydrogens is 388 g/mol. The Morgan fingerprint density at radius 3 is 2.23 bits per heavy atom. The first-order valence-corrected chi connectivity index (χ1v) is 10.6. The van der Waals surface area contributed by atoms with E-state index in [0.29, 0.717) is 23.7 Å². The van der Waals surface area contributed by atoms with Crippen molar-refractivity contribution in [2.75, 3.05) is 33.3 Å². The number of rotatable bonds is 7. The quantitative estimate of drug-likeness (QED) is 0.578. The number of methoxy groups -OCH3 is 1. The lowest BCUT2D eigenvalue weighted by molar-refractivity contribution is 0.0628. The van der Waals surface area contributed by atoms with Gasteiger partial charge in [-0.25, -0.2) is 0 Å². The van der Waals surface area contributed by atoms with Gasteiger partial charge in [-0.15, -0.1) is 0 Å². The van der Waals surface area contributed by atoms with Crippen LogP contribution in [0.15, 0.2) is 78.9 Å². The van der Waals surface area contributed by atoms with Gasteiger partial charge in [0.1, 0.15) is 6.61 Å². The average Bonchev–Trinajstić information content (AvgIpc) is 2.84. The summed E-state index contributed by atoms with van der Waals surface area (Å²) in [6.45, 7) is 4.57. The maximum Gasteiger partial charge on any atom is 0.253 e. The van der Waals surface area contributed by atoms with Gasteiger partial charge in [0, 0.05) is 38.3 Å². The van der Waals surface area contributed by atoms with E-state index in [1.807, 2.05) is 59.5 Å². The summed E-state index contributed by atoms with van der Waals surface area (Å²) >= 11 is 0. The molecule has 1 amide bonds. The zero-order valence-electron chi connectivity index (χ0n) is 17.9. The number of hydrogen-bond donors (Lipinski definition) is 0. The lowest BCUT2D eigenvalue weighted by Crippen LogP contribution is -2.48. The average molecular weight is 417 g/mol. The third kappa shape index (κ3) is 5.44. The Balaban J connectivity index is 1.33. The molecule has 0 unspecified atom stereocenters. The molecule has 3 aromatic rings. The van der Waals surface area contributed by atoms with Crippen LogP contribution in [0.1, 0.15) is 21.5 Å². The number of para-hydroxylation sites is 2. The van der Waals surface area contributed by atoms with Crippen molar-refractivity contribution in [3.63, 3.8) is 0 Å². The fourth-order valence-electron chi connectivity index (χ4n) is 3.83. The molecule has 0 aliphatic carbocycles. The number of carbonyl (C=O) groups excluding carboxylic acids is 1. The summed E-state index contributed by atoms with van der Waals surface area (Å²) < 4.78 is 11.2. The molecule has 31 heavy (non-hydrogen) atoms. The molecule has 0 radical (unpaired) electrons. The summed E-state index contributed by atoms with van der Waals surface area (Å²) in [7, 11) is 1.63. The first kappa shape index (κ1) is 20.9. The van der Waals surface area contributed by atoms with Crippen LogP contribution in [0.25, 0.3) is 0 Å². The Morgan fingerprint density at radius 1 is 0.806 bits per heavy atom. The molecule has 1 aliphatic heterocycles. The highest BCUT2D eigenvalue weighted by Gasteiger charge is 2.22. The van der Waals surface area contributed by atoms with Gasteiger partial charge in [0.25, 0.3) is 5.91 Å². The molecule has 4 rings (SSSR count). The molecule has 1 heterocycles. The van der Waals surface area contributed by atoms with Crippen LogP contribution in [0.3, 0.4) is 0 Å². The van der Waals surface area contributed by atoms with E-state index < -0.39 is 0 Å². The number of carbonyl (C=O) groups is 1. The Kier molecular flexibility index (Phi) is 6.85. The summed E-state index contributed by atoms with van der Waals surface area (Å²) in [5.74, 6) is 1.47. The first-order chi connectivity index (χ1) is 15.2. The number of nitrogens with zero attached hydrogens (tertiary/aromatic N) is 2. The number of ether oxygens (including phenoxy) is 2. The van der Waals surface area contributed by atoms with E-state index in [1.165, 1.54) is 5.56 Å². The van der Waals surface area contributed by atoms with Crippen molar-refractivity contribution in [1.29, 1.82) is 0 Å². The molecule has 3 aromatic carbocycles. The van der Waals surface area contributed by atoms with Crippen LogP contribution in [0.4, 0.5) is 0 Å². The van der Waals surface area contributed by atoms with Crippen molar-refractivity contribution in [3.8, 4) is 11.5 Å². The second kappa shape index (κ2) is 10.1. The molecule has 1 fully saturated rings. The van der Waals surface area contributed by atoms with Crippen molar-refractivity contribution in [2.24, 2.45) is 0 Å². The van der Waals surface area contributed by atoms with E-state index in [4.69, 9.17) is 9.47 Å². The number of hydrogen-bond acceptors (Lipinski definition) is 4. The molecule has 5 nitrogen and oxygen atoms in total. The molecule has 0 N–H and O–H groups in total. The Bertz CT molecular complexity index is 998. The van der Waals surface area contributed by atoms with Crippen molar-refractivity contribution < 1.29 is 14.3 Å². The fourth-order valence-corrected chi connectivity index (χ4v) is 3.83. The van der Waals surface area contributed by atoms with Crippen molar-refractivity contribution in [1.82, 2.24) is 9.80 Å².